The lowest BCUT2D eigenvalue weighted by atomic mass is 9.90. The molecule has 0 N–H and O–H groups in total. The molecular formula is C19H31ClN2. The molecule has 124 valence electrons. The second-order valence-electron chi connectivity index (χ2n) is 7.73. The van der Waals surface area contributed by atoms with Crippen molar-refractivity contribution in [2.75, 3.05) is 37.6 Å². The van der Waals surface area contributed by atoms with Crippen LogP contribution >= 0.6 is 11.6 Å². The molecule has 0 unspecified atom stereocenters. The van der Waals surface area contributed by atoms with E-state index < -0.39 is 0 Å². The van der Waals surface area contributed by atoms with Gasteiger partial charge < -0.3 is 4.90 Å². The summed E-state index contributed by atoms with van der Waals surface area (Å²) in [5, 5.41) is 0.877. The second-order valence-corrected chi connectivity index (χ2v) is 8.14. The van der Waals surface area contributed by atoms with Gasteiger partial charge in [0.15, 0.2) is 0 Å². The van der Waals surface area contributed by atoms with Gasteiger partial charge in [0.2, 0.25) is 0 Å². The topological polar surface area (TPSA) is 6.48 Å². The molecule has 0 amide bonds. The highest BCUT2D eigenvalue weighted by molar-refractivity contribution is 6.31. The van der Waals surface area contributed by atoms with Gasteiger partial charge in [-0.25, -0.2) is 0 Å². The molecule has 0 aliphatic carbocycles. The van der Waals surface area contributed by atoms with Gasteiger partial charge in [-0.2, -0.15) is 0 Å². The third-order valence-electron chi connectivity index (χ3n) is 4.60. The first kappa shape index (κ1) is 17.6. The quantitative estimate of drug-likeness (QED) is 0.705. The summed E-state index contributed by atoms with van der Waals surface area (Å²) < 4.78 is 0. The van der Waals surface area contributed by atoms with Crippen LogP contribution in [0.15, 0.2) is 18.2 Å². The summed E-state index contributed by atoms with van der Waals surface area (Å²) >= 11 is 6.25. The van der Waals surface area contributed by atoms with Crippen LogP contribution in [-0.2, 0) is 0 Å². The third kappa shape index (κ3) is 5.17. The van der Waals surface area contributed by atoms with Gasteiger partial charge in [0, 0.05) is 36.9 Å². The van der Waals surface area contributed by atoms with Gasteiger partial charge in [-0.05, 0) is 49.4 Å². The van der Waals surface area contributed by atoms with Crippen LogP contribution in [0.25, 0.3) is 0 Å². The predicted molar refractivity (Wildman–Crippen MR) is 98.1 cm³/mol. The van der Waals surface area contributed by atoms with E-state index in [2.05, 4.69) is 49.6 Å². The van der Waals surface area contributed by atoms with Crippen molar-refractivity contribution in [1.29, 1.82) is 0 Å². The molecule has 2 nitrogen and oxygen atoms in total. The van der Waals surface area contributed by atoms with Crippen LogP contribution in [0.3, 0.4) is 0 Å². The minimum absolute atomic E-state index is 0.475. The molecule has 22 heavy (non-hydrogen) atoms. The van der Waals surface area contributed by atoms with Crippen LogP contribution in [0.2, 0.25) is 5.02 Å². The average Bonchev–Trinajstić information content (AvgIpc) is 2.46. The summed E-state index contributed by atoms with van der Waals surface area (Å²) in [6.45, 7) is 14.9. The second kappa shape index (κ2) is 7.70. The number of unbranched alkanes of at least 4 members (excludes halogenated alkanes) is 1. The maximum Gasteiger partial charge on any atom is 0.0455 e. The molecule has 1 aliphatic heterocycles. The highest BCUT2D eigenvalue weighted by Crippen LogP contribution is 2.27. The first-order valence-corrected chi connectivity index (χ1v) is 8.97. The van der Waals surface area contributed by atoms with Gasteiger partial charge in [0.25, 0.3) is 0 Å². The maximum atomic E-state index is 6.25. The van der Waals surface area contributed by atoms with Gasteiger partial charge in [-0.3, -0.25) is 4.90 Å². The standard InChI is InChI=1S/C19H31ClN2/c1-16-17(20)8-7-9-18(16)22-14-12-21(13-15-22)11-6-5-10-19(2,3)4/h7-9H,5-6,10-15H2,1-4H3. The SMILES string of the molecule is Cc1c(Cl)cccc1N1CCN(CCCCC(C)(C)C)CC1. The summed E-state index contributed by atoms with van der Waals surface area (Å²) in [4.78, 5) is 5.09. The molecule has 2 rings (SSSR count). The van der Waals surface area contributed by atoms with E-state index in [1.807, 2.05) is 6.07 Å². The zero-order valence-electron chi connectivity index (χ0n) is 14.7. The van der Waals surface area contributed by atoms with Crippen molar-refractivity contribution in [1.82, 2.24) is 4.90 Å². The lowest BCUT2D eigenvalue weighted by molar-refractivity contribution is 0.245. The van der Waals surface area contributed by atoms with E-state index in [1.165, 1.54) is 50.1 Å². The Labute approximate surface area is 141 Å². The van der Waals surface area contributed by atoms with Crippen molar-refractivity contribution in [2.45, 2.75) is 47.0 Å². The summed E-state index contributed by atoms with van der Waals surface area (Å²) in [5.74, 6) is 0. The average molecular weight is 323 g/mol. The minimum atomic E-state index is 0.475. The predicted octanol–water partition coefficient (Wildman–Crippen LogP) is 4.99. The van der Waals surface area contributed by atoms with Crippen LogP contribution in [-0.4, -0.2) is 37.6 Å². The maximum absolute atomic E-state index is 6.25. The normalized spacial score (nSPS) is 17.0. The van der Waals surface area contributed by atoms with Crippen molar-refractivity contribution >= 4 is 17.3 Å². The zero-order valence-corrected chi connectivity index (χ0v) is 15.4. The van der Waals surface area contributed by atoms with Gasteiger partial charge in [-0.15, -0.1) is 0 Å². The fraction of sp³-hybridized carbons (Fsp3) is 0.684. The molecule has 0 spiro atoms. The number of halogens is 1. The smallest absolute Gasteiger partial charge is 0.0455 e. The molecule has 0 saturated carbocycles. The van der Waals surface area contributed by atoms with E-state index in [4.69, 9.17) is 11.6 Å². The van der Waals surface area contributed by atoms with Crippen molar-refractivity contribution in [3.8, 4) is 0 Å². The lowest BCUT2D eigenvalue weighted by Gasteiger charge is -2.37. The lowest BCUT2D eigenvalue weighted by Crippen LogP contribution is -2.46. The fourth-order valence-corrected chi connectivity index (χ4v) is 3.31. The van der Waals surface area contributed by atoms with Crippen molar-refractivity contribution < 1.29 is 0 Å². The van der Waals surface area contributed by atoms with E-state index in [9.17, 15) is 0 Å². The molecule has 3 heteroatoms. The van der Waals surface area contributed by atoms with Gasteiger partial charge in [-0.1, -0.05) is 44.9 Å². The molecule has 1 heterocycles. The Balaban J connectivity index is 1.75. The molecule has 1 fully saturated rings. The number of rotatable bonds is 5. The van der Waals surface area contributed by atoms with E-state index in [0.29, 0.717) is 5.41 Å². The Kier molecular flexibility index (Phi) is 6.17. The van der Waals surface area contributed by atoms with Gasteiger partial charge >= 0.3 is 0 Å². The van der Waals surface area contributed by atoms with Crippen LogP contribution in [0.1, 0.15) is 45.6 Å². The van der Waals surface area contributed by atoms with E-state index >= 15 is 0 Å². The van der Waals surface area contributed by atoms with Crippen molar-refractivity contribution in [3.05, 3.63) is 28.8 Å². The Hall–Kier alpha value is -0.730. The van der Waals surface area contributed by atoms with Gasteiger partial charge in [0.1, 0.15) is 0 Å². The van der Waals surface area contributed by atoms with Gasteiger partial charge in [0.05, 0.1) is 0 Å². The number of hydrogen-bond acceptors (Lipinski definition) is 2. The van der Waals surface area contributed by atoms with Crippen molar-refractivity contribution in [3.63, 3.8) is 0 Å². The highest BCUT2D eigenvalue weighted by Gasteiger charge is 2.19. The van der Waals surface area contributed by atoms with Crippen molar-refractivity contribution in [2.24, 2.45) is 5.41 Å². The highest BCUT2D eigenvalue weighted by atomic mass is 35.5. The Bertz CT molecular complexity index is 471. The summed E-state index contributed by atoms with van der Waals surface area (Å²) in [6, 6.07) is 6.23. The molecule has 1 aliphatic rings. The van der Waals surface area contributed by atoms with Crippen LogP contribution in [0.4, 0.5) is 5.69 Å². The molecule has 1 aromatic rings. The Morgan fingerprint density at radius 2 is 1.73 bits per heavy atom. The number of piperazine rings is 1. The van der Waals surface area contributed by atoms with E-state index in [0.717, 1.165) is 18.1 Å². The van der Waals surface area contributed by atoms with Crippen LogP contribution < -0.4 is 4.90 Å². The Morgan fingerprint density at radius 1 is 1.05 bits per heavy atom. The molecule has 1 aromatic carbocycles. The monoisotopic (exact) mass is 322 g/mol. The molecule has 0 aromatic heterocycles. The minimum Gasteiger partial charge on any atom is -0.369 e. The van der Waals surface area contributed by atoms with E-state index in [1.54, 1.807) is 0 Å². The third-order valence-corrected chi connectivity index (χ3v) is 5.01. The first-order chi connectivity index (χ1) is 10.4. The number of hydrogen-bond donors (Lipinski definition) is 0. The molecule has 0 bridgehead atoms. The molecular weight excluding hydrogens is 292 g/mol. The van der Waals surface area contributed by atoms with Crippen LogP contribution in [0.5, 0.6) is 0 Å². The summed E-state index contributed by atoms with van der Waals surface area (Å²) in [6.07, 6.45) is 4.00. The van der Waals surface area contributed by atoms with Crippen LogP contribution in [0, 0.1) is 12.3 Å². The number of benzene rings is 1. The summed E-state index contributed by atoms with van der Waals surface area (Å²) in [5.41, 5.74) is 2.99. The molecule has 0 radical (unpaired) electrons. The molecule has 0 atom stereocenters. The zero-order chi connectivity index (χ0) is 16.2. The summed E-state index contributed by atoms with van der Waals surface area (Å²) in [7, 11) is 0. The Morgan fingerprint density at radius 3 is 2.36 bits per heavy atom. The van der Waals surface area contributed by atoms with E-state index in [-0.39, 0.29) is 0 Å². The first-order valence-electron chi connectivity index (χ1n) is 8.59. The fourth-order valence-electron chi connectivity index (χ4n) is 3.14. The number of nitrogens with zero attached hydrogens (tertiary/aromatic N) is 2. The largest absolute Gasteiger partial charge is 0.369 e. The number of anilines is 1. The molecule has 1 saturated heterocycles.